The Morgan fingerprint density at radius 3 is 2.88 bits per heavy atom. The number of aliphatic imine (C=N–C) groups is 2. The van der Waals surface area contributed by atoms with E-state index in [1.807, 2.05) is 13.0 Å². The number of hydrogen-bond donors (Lipinski definition) is 1. The summed E-state index contributed by atoms with van der Waals surface area (Å²) in [7, 11) is 0. The molecule has 3 heterocycles. The molecule has 2 aliphatic rings. The minimum absolute atomic E-state index is 0.119. The Bertz CT molecular complexity index is 795. The lowest BCUT2D eigenvalue weighted by atomic mass is 10.1. The molecule has 1 N–H and O–H groups in total. The van der Waals surface area contributed by atoms with Crippen molar-refractivity contribution >= 4 is 62.7 Å². The largest absolute Gasteiger partial charge is 0.301 e. The van der Waals surface area contributed by atoms with E-state index in [1.54, 1.807) is 18.0 Å². The van der Waals surface area contributed by atoms with Crippen molar-refractivity contribution in [3.05, 3.63) is 22.1 Å². The first-order chi connectivity index (χ1) is 11.9. The van der Waals surface area contributed by atoms with Gasteiger partial charge in [-0.2, -0.15) is 4.99 Å². The molecule has 0 spiro atoms. The fraction of sp³-hybridized carbons (Fsp3) is 0.438. The molecular formula is C16H18N4O2S3. The number of rotatable bonds is 6. The number of aromatic nitrogens is 1. The summed E-state index contributed by atoms with van der Waals surface area (Å²) in [5.41, 5.74) is 0. The van der Waals surface area contributed by atoms with Gasteiger partial charge in [-0.25, -0.2) is 9.98 Å². The molecular weight excluding hydrogens is 376 g/mol. The Morgan fingerprint density at radius 1 is 1.40 bits per heavy atom. The van der Waals surface area contributed by atoms with Gasteiger partial charge in [0.05, 0.1) is 16.5 Å². The van der Waals surface area contributed by atoms with Crippen molar-refractivity contribution < 1.29 is 9.59 Å². The molecule has 0 saturated heterocycles. The molecule has 1 unspecified atom stereocenters. The summed E-state index contributed by atoms with van der Waals surface area (Å²) < 4.78 is 0. The molecule has 0 aromatic carbocycles. The lowest BCUT2D eigenvalue weighted by molar-refractivity contribution is -0.118. The molecule has 2 amide bonds. The maximum Gasteiger partial charge on any atom is 0.261 e. The van der Waals surface area contributed by atoms with Crippen molar-refractivity contribution in [2.75, 3.05) is 16.8 Å². The van der Waals surface area contributed by atoms with Crippen molar-refractivity contribution in [1.29, 1.82) is 0 Å². The molecule has 25 heavy (non-hydrogen) atoms. The predicted molar refractivity (Wildman–Crippen MR) is 107 cm³/mol. The van der Waals surface area contributed by atoms with Crippen LogP contribution in [0.5, 0.6) is 0 Å². The molecule has 0 aliphatic carbocycles. The van der Waals surface area contributed by atoms with Gasteiger partial charge in [0.25, 0.3) is 5.91 Å². The van der Waals surface area contributed by atoms with Crippen LogP contribution in [0.25, 0.3) is 0 Å². The highest BCUT2D eigenvalue weighted by Crippen LogP contribution is 2.38. The van der Waals surface area contributed by atoms with E-state index in [-0.39, 0.29) is 23.5 Å². The molecule has 1 aromatic heterocycles. The summed E-state index contributed by atoms with van der Waals surface area (Å²) in [4.78, 5) is 39.0. The average molecular weight is 395 g/mol. The number of aryl methyl sites for hydroxylation is 1. The minimum Gasteiger partial charge on any atom is -0.301 e. The monoisotopic (exact) mass is 394 g/mol. The first-order valence-electron chi connectivity index (χ1n) is 7.82. The molecule has 0 radical (unpaired) electrons. The Labute approximate surface area is 158 Å². The number of amides is 2. The third-order valence-electron chi connectivity index (χ3n) is 3.46. The molecule has 0 fully saturated rings. The van der Waals surface area contributed by atoms with Crippen LogP contribution in [0.2, 0.25) is 0 Å². The zero-order chi connectivity index (χ0) is 18.0. The molecule has 2 aliphatic heterocycles. The zero-order valence-electron chi connectivity index (χ0n) is 14.1. The van der Waals surface area contributed by atoms with Gasteiger partial charge in [0, 0.05) is 11.1 Å². The lowest BCUT2D eigenvalue weighted by Gasteiger charge is -2.12. The van der Waals surface area contributed by atoms with Crippen LogP contribution in [-0.4, -0.2) is 39.2 Å². The zero-order valence-corrected chi connectivity index (χ0v) is 16.6. The fourth-order valence-electron chi connectivity index (χ4n) is 2.25. The van der Waals surface area contributed by atoms with E-state index < -0.39 is 0 Å². The van der Waals surface area contributed by atoms with Gasteiger partial charge in [0.15, 0.2) is 5.13 Å². The molecule has 6 nitrogen and oxygen atoms in total. The van der Waals surface area contributed by atoms with Crippen LogP contribution >= 0.6 is 34.9 Å². The summed E-state index contributed by atoms with van der Waals surface area (Å²) in [6.45, 7) is 6.14. The number of fused-ring (bicyclic) bond motifs is 1. The van der Waals surface area contributed by atoms with Crippen LogP contribution in [0.3, 0.4) is 0 Å². The van der Waals surface area contributed by atoms with Gasteiger partial charge < -0.3 is 5.32 Å². The number of carbonyl (C=O) groups is 2. The maximum atomic E-state index is 12.2. The first kappa shape index (κ1) is 18.3. The van der Waals surface area contributed by atoms with Gasteiger partial charge >= 0.3 is 0 Å². The van der Waals surface area contributed by atoms with E-state index in [0.717, 1.165) is 9.92 Å². The summed E-state index contributed by atoms with van der Waals surface area (Å²) in [5.74, 6) is 0.977. The second-order valence-corrected chi connectivity index (χ2v) is 9.25. The summed E-state index contributed by atoms with van der Waals surface area (Å²) in [6.07, 6.45) is 3.69. The number of allylic oxidation sites excluding steroid dienone is 1. The van der Waals surface area contributed by atoms with E-state index in [2.05, 4.69) is 34.1 Å². The van der Waals surface area contributed by atoms with Crippen molar-refractivity contribution in [3.8, 4) is 0 Å². The maximum absolute atomic E-state index is 12.2. The van der Waals surface area contributed by atoms with Gasteiger partial charge in [-0.05, 0) is 17.7 Å². The standard InChI is InChI=1S/C16H18N4O2S3/c1-8(2)11-4-10-14(22)18-12(19-15(10)25-11)6-23-7-13(21)20-16-17-5-9(3)24-16/h4-5,8,10H,6-7H2,1-3H3,(H,17,20,21). The fourth-order valence-corrected chi connectivity index (χ4v) is 4.73. The highest BCUT2D eigenvalue weighted by atomic mass is 32.2. The van der Waals surface area contributed by atoms with Crippen LogP contribution < -0.4 is 5.32 Å². The van der Waals surface area contributed by atoms with Crippen molar-refractivity contribution in [2.24, 2.45) is 21.8 Å². The van der Waals surface area contributed by atoms with E-state index >= 15 is 0 Å². The summed E-state index contributed by atoms with van der Waals surface area (Å²) >= 11 is 4.39. The smallest absolute Gasteiger partial charge is 0.261 e. The molecule has 132 valence electrons. The normalized spacial score (nSPS) is 19.4. The number of thioether (sulfide) groups is 2. The van der Waals surface area contributed by atoms with Gasteiger partial charge in [-0.15, -0.1) is 23.1 Å². The molecule has 9 heteroatoms. The van der Waals surface area contributed by atoms with Gasteiger partial charge in [-0.3, -0.25) is 9.59 Å². The van der Waals surface area contributed by atoms with Crippen LogP contribution in [0.1, 0.15) is 18.7 Å². The molecule has 1 atom stereocenters. The molecule has 1 aromatic rings. The predicted octanol–water partition coefficient (Wildman–Crippen LogP) is 3.36. The average Bonchev–Trinajstić information content (AvgIpc) is 3.14. The highest BCUT2D eigenvalue weighted by Gasteiger charge is 2.34. The van der Waals surface area contributed by atoms with E-state index in [9.17, 15) is 9.59 Å². The van der Waals surface area contributed by atoms with Crippen LogP contribution in [0.15, 0.2) is 27.2 Å². The highest BCUT2D eigenvalue weighted by molar-refractivity contribution is 8.17. The SMILES string of the molecule is Cc1cnc(NC(=O)CSCC2=NC(=O)C3C=C(C(C)C)SC3=N2)s1. The van der Waals surface area contributed by atoms with E-state index in [0.29, 0.717) is 22.6 Å². The number of amidine groups is 1. The number of thiazole rings is 1. The van der Waals surface area contributed by atoms with Gasteiger partial charge in [-0.1, -0.05) is 31.7 Å². The number of carbonyl (C=O) groups excluding carboxylic acids is 2. The summed E-state index contributed by atoms with van der Waals surface area (Å²) in [6, 6.07) is 0. The Kier molecular flexibility index (Phi) is 5.75. The Morgan fingerprint density at radius 2 is 2.20 bits per heavy atom. The van der Waals surface area contributed by atoms with Crippen LogP contribution in [0.4, 0.5) is 5.13 Å². The van der Waals surface area contributed by atoms with Crippen molar-refractivity contribution in [1.82, 2.24) is 4.98 Å². The second kappa shape index (κ2) is 7.84. The quantitative estimate of drug-likeness (QED) is 0.800. The van der Waals surface area contributed by atoms with Crippen LogP contribution in [-0.2, 0) is 9.59 Å². The molecule has 0 saturated carbocycles. The second-order valence-electron chi connectivity index (χ2n) is 5.94. The van der Waals surface area contributed by atoms with Crippen molar-refractivity contribution in [2.45, 2.75) is 20.8 Å². The third kappa shape index (κ3) is 4.59. The number of hydrogen-bond acceptors (Lipinski definition) is 7. The van der Waals surface area contributed by atoms with E-state index in [4.69, 9.17) is 0 Å². The number of anilines is 1. The number of nitrogens with one attached hydrogen (secondary N) is 1. The first-order valence-corrected chi connectivity index (χ1v) is 10.6. The van der Waals surface area contributed by atoms with Crippen LogP contribution in [0, 0.1) is 18.8 Å². The molecule has 3 rings (SSSR count). The lowest BCUT2D eigenvalue weighted by Crippen LogP contribution is -2.24. The number of nitrogens with zero attached hydrogens (tertiary/aromatic N) is 3. The Hall–Kier alpha value is -1.45. The molecule has 0 bridgehead atoms. The van der Waals surface area contributed by atoms with Gasteiger partial charge in [0.1, 0.15) is 11.8 Å². The van der Waals surface area contributed by atoms with E-state index in [1.165, 1.54) is 28.0 Å². The van der Waals surface area contributed by atoms with Crippen molar-refractivity contribution in [3.63, 3.8) is 0 Å². The topological polar surface area (TPSA) is 83.8 Å². The third-order valence-corrected chi connectivity index (χ3v) is 6.62. The Balaban J connectivity index is 1.50. The minimum atomic E-state index is -0.312. The van der Waals surface area contributed by atoms with Gasteiger partial charge in [0.2, 0.25) is 5.91 Å². The summed E-state index contributed by atoms with van der Waals surface area (Å²) in [5, 5.41) is 4.17.